The van der Waals surface area contributed by atoms with Crippen molar-refractivity contribution in [3.63, 3.8) is 0 Å². The van der Waals surface area contributed by atoms with Crippen molar-refractivity contribution in [2.75, 3.05) is 0 Å². The van der Waals surface area contributed by atoms with Crippen LogP contribution < -0.4 is 0 Å². The maximum absolute atomic E-state index is 11.7. The van der Waals surface area contributed by atoms with E-state index >= 15 is 0 Å². The molecular weight excluding hydrogens is 159 g/mol. The van der Waals surface area contributed by atoms with Gasteiger partial charge in [-0.05, 0) is 6.92 Å². The zero-order valence-electron chi connectivity index (χ0n) is 4.95. The van der Waals surface area contributed by atoms with E-state index in [4.69, 9.17) is 0 Å². The van der Waals surface area contributed by atoms with Crippen LogP contribution in [-0.2, 0) is 4.74 Å². The first-order chi connectivity index (χ1) is 4.36. The van der Waals surface area contributed by atoms with Gasteiger partial charge < -0.3 is 0 Å². The van der Waals surface area contributed by atoms with Crippen molar-refractivity contribution < 1.29 is 26.7 Å². The van der Waals surface area contributed by atoms with E-state index in [1.807, 2.05) is 0 Å². The van der Waals surface area contributed by atoms with Gasteiger partial charge in [-0.15, -0.1) is 0 Å². The molecule has 0 radical (unpaired) electrons. The van der Waals surface area contributed by atoms with Gasteiger partial charge in [-0.25, -0.2) is 4.39 Å². The molecule has 10 heavy (non-hydrogen) atoms. The highest BCUT2D eigenvalue weighted by Gasteiger charge is 2.41. The van der Waals surface area contributed by atoms with Crippen LogP contribution in [0.3, 0.4) is 0 Å². The average molecular weight is 164 g/mol. The van der Waals surface area contributed by atoms with Gasteiger partial charge in [-0.2, -0.15) is 17.6 Å². The summed E-state index contributed by atoms with van der Waals surface area (Å²) in [6, 6.07) is 0. The molecule has 0 heterocycles. The van der Waals surface area contributed by atoms with Crippen LogP contribution in [-0.4, -0.2) is 18.9 Å². The molecule has 62 valence electrons. The maximum Gasteiger partial charge on any atom is 0.390 e. The number of rotatable bonds is 3. The Balaban J connectivity index is 3.87. The second-order valence-corrected chi connectivity index (χ2v) is 1.56. The Morgan fingerprint density at radius 3 is 1.70 bits per heavy atom. The lowest BCUT2D eigenvalue weighted by molar-refractivity contribution is -0.339. The van der Waals surface area contributed by atoms with E-state index in [2.05, 4.69) is 4.74 Å². The summed E-state index contributed by atoms with van der Waals surface area (Å²) < 4.78 is 59.8. The Labute approximate surface area is 53.8 Å². The zero-order valence-corrected chi connectivity index (χ0v) is 4.95. The lowest BCUT2D eigenvalue weighted by Gasteiger charge is -2.16. The second kappa shape index (κ2) is 3.14. The molecule has 1 atom stereocenters. The van der Waals surface area contributed by atoms with Crippen LogP contribution in [0, 0.1) is 0 Å². The molecule has 0 aliphatic heterocycles. The Morgan fingerprint density at radius 2 is 1.60 bits per heavy atom. The molecule has 0 bridgehead atoms. The van der Waals surface area contributed by atoms with Gasteiger partial charge in [0.2, 0.25) is 0 Å². The van der Waals surface area contributed by atoms with E-state index < -0.39 is 18.9 Å². The number of hydrogen-bond acceptors (Lipinski definition) is 1. The zero-order chi connectivity index (χ0) is 8.36. The van der Waals surface area contributed by atoms with Gasteiger partial charge in [0.25, 0.3) is 0 Å². The summed E-state index contributed by atoms with van der Waals surface area (Å²) in [5.74, 6) is 0. The first-order valence-corrected chi connectivity index (χ1v) is 2.34. The monoisotopic (exact) mass is 164 g/mol. The number of ether oxygens (including phenoxy) is 1. The highest BCUT2D eigenvalue weighted by atomic mass is 19.3. The SMILES string of the molecule is CC(F)C(F)(F)OC(F)F. The van der Waals surface area contributed by atoms with Crippen molar-refractivity contribution in [2.24, 2.45) is 0 Å². The minimum atomic E-state index is -4.39. The van der Waals surface area contributed by atoms with Gasteiger partial charge in [0.15, 0.2) is 6.17 Å². The van der Waals surface area contributed by atoms with E-state index in [9.17, 15) is 22.0 Å². The summed E-state index contributed by atoms with van der Waals surface area (Å²) >= 11 is 0. The molecule has 0 aromatic heterocycles. The fourth-order valence-corrected chi connectivity index (χ4v) is 0.213. The van der Waals surface area contributed by atoms with Crippen molar-refractivity contribution in [1.29, 1.82) is 0 Å². The molecule has 0 spiro atoms. The van der Waals surface area contributed by atoms with Crippen LogP contribution in [0.1, 0.15) is 6.92 Å². The first kappa shape index (κ1) is 9.61. The van der Waals surface area contributed by atoms with Gasteiger partial charge in [0.05, 0.1) is 0 Å². The van der Waals surface area contributed by atoms with Gasteiger partial charge in [0.1, 0.15) is 0 Å². The molecule has 0 aliphatic carbocycles. The van der Waals surface area contributed by atoms with E-state index in [-0.39, 0.29) is 0 Å². The number of alkyl halides is 5. The Morgan fingerprint density at radius 1 is 1.20 bits per heavy atom. The predicted molar refractivity (Wildman–Crippen MR) is 22.6 cm³/mol. The minimum Gasteiger partial charge on any atom is -0.256 e. The van der Waals surface area contributed by atoms with Crippen LogP contribution >= 0.6 is 0 Å². The summed E-state index contributed by atoms with van der Waals surface area (Å²) in [5, 5.41) is 0. The third kappa shape index (κ3) is 2.95. The van der Waals surface area contributed by atoms with Gasteiger partial charge in [-0.3, -0.25) is 4.74 Å². The molecule has 0 N–H and O–H groups in total. The van der Waals surface area contributed by atoms with Crippen LogP contribution in [0.25, 0.3) is 0 Å². The fraction of sp³-hybridized carbons (Fsp3) is 1.00. The third-order valence-electron chi connectivity index (χ3n) is 0.709. The van der Waals surface area contributed by atoms with Crippen LogP contribution in [0.2, 0.25) is 0 Å². The third-order valence-corrected chi connectivity index (χ3v) is 0.709. The normalized spacial score (nSPS) is 15.9. The average Bonchev–Trinajstić information content (AvgIpc) is 1.60. The second-order valence-electron chi connectivity index (χ2n) is 1.56. The molecule has 1 nitrogen and oxygen atoms in total. The Hall–Kier alpha value is -0.390. The van der Waals surface area contributed by atoms with Crippen LogP contribution in [0.4, 0.5) is 22.0 Å². The first-order valence-electron chi connectivity index (χ1n) is 2.34. The lowest BCUT2D eigenvalue weighted by Crippen LogP contribution is -2.32. The molecule has 0 amide bonds. The van der Waals surface area contributed by atoms with Gasteiger partial charge >= 0.3 is 12.7 Å². The van der Waals surface area contributed by atoms with Gasteiger partial charge in [0, 0.05) is 0 Å². The van der Waals surface area contributed by atoms with E-state index in [1.54, 1.807) is 0 Å². The van der Waals surface area contributed by atoms with E-state index in [1.165, 1.54) is 0 Å². The standard InChI is InChI=1S/C4H5F5O/c1-2(5)4(8,9)10-3(6)7/h2-3H,1H3. The van der Waals surface area contributed by atoms with Gasteiger partial charge in [-0.1, -0.05) is 0 Å². The molecule has 1 unspecified atom stereocenters. The molecular formula is C4H5F5O. The summed E-state index contributed by atoms with van der Waals surface area (Å²) in [7, 11) is 0. The van der Waals surface area contributed by atoms with Crippen molar-refractivity contribution in [1.82, 2.24) is 0 Å². The summed E-state index contributed by atoms with van der Waals surface area (Å²) in [6.07, 6.45) is -7.13. The minimum absolute atomic E-state index is 0.433. The highest BCUT2D eigenvalue weighted by Crippen LogP contribution is 2.24. The molecule has 0 fully saturated rings. The maximum atomic E-state index is 11.7. The molecule has 0 saturated carbocycles. The van der Waals surface area contributed by atoms with Crippen molar-refractivity contribution in [3.05, 3.63) is 0 Å². The smallest absolute Gasteiger partial charge is 0.256 e. The van der Waals surface area contributed by atoms with Crippen LogP contribution in [0.5, 0.6) is 0 Å². The molecule has 0 aromatic carbocycles. The highest BCUT2D eigenvalue weighted by molar-refractivity contribution is 4.59. The van der Waals surface area contributed by atoms with Crippen LogP contribution in [0.15, 0.2) is 0 Å². The fourth-order valence-electron chi connectivity index (χ4n) is 0.213. The van der Waals surface area contributed by atoms with E-state index in [0.29, 0.717) is 6.92 Å². The van der Waals surface area contributed by atoms with Crippen molar-refractivity contribution >= 4 is 0 Å². The van der Waals surface area contributed by atoms with Crippen molar-refractivity contribution in [3.8, 4) is 0 Å². The quantitative estimate of drug-likeness (QED) is 0.581. The number of hydrogen-bond donors (Lipinski definition) is 0. The predicted octanol–water partition coefficient (Wildman–Crippen LogP) is 2.18. The summed E-state index contributed by atoms with van der Waals surface area (Å²) in [5.41, 5.74) is 0. The Bertz CT molecular complexity index is 102. The largest absolute Gasteiger partial charge is 0.390 e. The molecule has 6 heteroatoms. The van der Waals surface area contributed by atoms with E-state index in [0.717, 1.165) is 0 Å². The molecule has 0 aliphatic rings. The molecule has 0 saturated heterocycles. The summed E-state index contributed by atoms with van der Waals surface area (Å²) in [4.78, 5) is 0. The Kier molecular flexibility index (Phi) is 3.01. The molecule has 0 aromatic rings. The molecule has 0 rings (SSSR count). The topological polar surface area (TPSA) is 9.23 Å². The summed E-state index contributed by atoms with van der Waals surface area (Å²) in [6.45, 7) is -3.23. The van der Waals surface area contributed by atoms with Crippen molar-refractivity contribution in [2.45, 2.75) is 25.8 Å². The lowest BCUT2D eigenvalue weighted by atomic mass is 10.4. The number of halogens is 5.